The molecule has 0 aliphatic heterocycles. The normalized spacial score (nSPS) is 28.3. The van der Waals surface area contributed by atoms with Crippen LogP contribution in [0.4, 0.5) is 0 Å². The van der Waals surface area contributed by atoms with Crippen LogP contribution in [0.3, 0.4) is 0 Å². The van der Waals surface area contributed by atoms with Crippen LogP contribution in [0.2, 0.25) is 0 Å². The molecule has 0 amide bonds. The van der Waals surface area contributed by atoms with Gasteiger partial charge in [-0.15, -0.1) is 0 Å². The second-order valence-corrected chi connectivity index (χ2v) is 4.77. The molecule has 2 rings (SSSR count). The maximum atomic E-state index is 11.0. The fraction of sp³-hybridized carbons (Fsp3) is 0.769. The summed E-state index contributed by atoms with van der Waals surface area (Å²) in [5.41, 5.74) is -0.246. The zero-order chi connectivity index (χ0) is 13.2. The van der Waals surface area contributed by atoms with E-state index in [0.717, 1.165) is 25.0 Å². The minimum Gasteiger partial charge on any atom is -0.493 e. The minimum absolute atomic E-state index is 0.192. The van der Waals surface area contributed by atoms with Gasteiger partial charge in [0, 0.05) is 13.7 Å². The number of hydrogen-bond donors (Lipinski definition) is 1. The molecule has 1 aliphatic rings. The molecule has 0 aromatic carbocycles. The van der Waals surface area contributed by atoms with Crippen LogP contribution in [0, 0.1) is 0 Å². The molecule has 0 saturated heterocycles. The van der Waals surface area contributed by atoms with Crippen molar-refractivity contribution < 1.29 is 14.6 Å². The average Bonchev–Trinajstić information content (AvgIpc) is 2.82. The number of aromatic nitrogens is 2. The summed E-state index contributed by atoms with van der Waals surface area (Å²) in [6.45, 7) is 2.71. The SMILES string of the molecule is CCn1ncc(OC)c1C1(O)CCCCC1OC. The lowest BCUT2D eigenvalue weighted by Gasteiger charge is -2.39. The van der Waals surface area contributed by atoms with Gasteiger partial charge in [-0.05, 0) is 26.2 Å². The van der Waals surface area contributed by atoms with Crippen LogP contribution in [-0.4, -0.2) is 35.2 Å². The Labute approximate surface area is 108 Å². The maximum Gasteiger partial charge on any atom is 0.163 e. The molecule has 0 radical (unpaired) electrons. The average molecular weight is 254 g/mol. The monoisotopic (exact) mass is 254 g/mol. The first kappa shape index (κ1) is 13.4. The van der Waals surface area contributed by atoms with Crippen molar-refractivity contribution >= 4 is 0 Å². The van der Waals surface area contributed by atoms with E-state index in [1.165, 1.54) is 0 Å². The minimum atomic E-state index is -0.995. The Bertz CT molecular complexity index is 383. The second kappa shape index (κ2) is 5.28. The van der Waals surface area contributed by atoms with E-state index in [9.17, 15) is 5.11 Å². The predicted molar refractivity (Wildman–Crippen MR) is 67.6 cm³/mol. The van der Waals surface area contributed by atoms with Crippen molar-refractivity contribution in [1.29, 1.82) is 0 Å². The first-order chi connectivity index (χ1) is 8.67. The lowest BCUT2D eigenvalue weighted by atomic mass is 9.79. The largest absolute Gasteiger partial charge is 0.493 e. The van der Waals surface area contributed by atoms with Crippen molar-refractivity contribution in [3.8, 4) is 5.75 Å². The summed E-state index contributed by atoms with van der Waals surface area (Å²) in [5, 5.41) is 15.3. The summed E-state index contributed by atoms with van der Waals surface area (Å²) in [5.74, 6) is 0.642. The highest BCUT2D eigenvalue weighted by atomic mass is 16.5. The lowest BCUT2D eigenvalue weighted by Crippen LogP contribution is -2.45. The molecule has 1 aliphatic carbocycles. The van der Waals surface area contributed by atoms with Gasteiger partial charge in [0.25, 0.3) is 0 Å². The Hall–Kier alpha value is -1.07. The summed E-state index contributed by atoms with van der Waals surface area (Å²) in [4.78, 5) is 0. The Kier molecular flexibility index (Phi) is 3.92. The van der Waals surface area contributed by atoms with E-state index in [-0.39, 0.29) is 6.10 Å². The van der Waals surface area contributed by atoms with Gasteiger partial charge in [0.15, 0.2) is 5.75 Å². The van der Waals surface area contributed by atoms with E-state index >= 15 is 0 Å². The second-order valence-electron chi connectivity index (χ2n) is 4.77. The smallest absolute Gasteiger partial charge is 0.163 e. The van der Waals surface area contributed by atoms with Crippen LogP contribution in [-0.2, 0) is 16.9 Å². The van der Waals surface area contributed by atoms with Gasteiger partial charge in [0.2, 0.25) is 0 Å². The molecule has 1 heterocycles. The third kappa shape index (κ3) is 2.01. The van der Waals surface area contributed by atoms with Crippen LogP contribution in [0.5, 0.6) is 5.75 Å². The molecule has 102 valence electrons. The molecule has 1 aromatic heterocycles. The molecule has 5 nitrogen and oxygen atoms in total. The van der Waals surface area contributed by atoms with Crippen LogP contribution >= 0.6 is 0 Å². The van der Waals surface area contributed by atoms with Crippen molar-refractivity contribution in [3.63, 3.8) is 0 Å². The van der Waals surface area contributed by atoms with E-state index in [0.29, 0.717) is 18.7 Å². The summed E-state index contributed by atoms with van der Waals surface area (Å²) >= 11 is 0. The lowest BCUT2D eigenvalue weighted by molar-refractivity contribution is -0.128. The fourth-order valence-corrected chi connectivity index (χ4v) is 2.90. The molecule has 1 N–H and O–H groups in total. The van der Waals surface area contributed by atoms with E-state index < -0.39 is 5.60 Å². The van der Waals surface area contributed by atoms with Gasteiger partial charge in [0.05, 0.1) is 19.4 Å². The van der Waals surface area contributed by atoms with Crippen LogP contribution in [0.15, 0.2) is 6.20 Å². The molecule has 2 atom stereocenters. The Morgan fingerprint density at radius 2 is 2.28 bits per heavy atom. The molecule has 1 aromatic rings. The third-order valence-electron chi connectivity index (χ3n) is 3.83. The highest BCUT2D eigenvalue weighted by Gasteiger charge is 2.45. The number of aryl methyl sites for hydroxylation is 1. The number of methoxy groups -OCH3 is 2. The third-order valence-corrected chi connectivity index (χ3v) is 3.83. The quantitative estimate of drug-likeness (QED) is 0.888. The molecule has 0 spiro atoms. The molecule has 18 heavy (non-hydrogen) atoms. The number of ether oxygens (including phenoxy) is 2. The molecule has 1 fully saturated rings. The van der Waals surface area contributed by atoms with Crippen molar-refractivity contribution in [1.82, 2.24) is 9.78 Å². The Morgan fingerprint density at radius 3 is 2.89 bits per heavy atom. The highest BCUT2D eigenvalue weighted by Crippen LogP contribution is 2.42. The molecule has 5 heteroatoms. The first-order valence-corrected chi connectivity index (χ1v) is 6.52. The topological polar surface area (TPSA) is 56.5 Å². The summed E-state index contributed by atoms with van der Waals surface area (Å²) in [6, 6.07) is 0. The van der Waals surface area contributed by atoms with Crippen molar-refractivity contribution in [2.75, 3.05) is 14.2 Å². The van der Waals surface area contributed by atoms with Crippen molar-refractivity contribution in [2.24, 2.45) is 0 Å². The zero-order valence-corrected chi connectivity index (χ0v) is 11.3. The number of aliphatic hydroxyl groups is 1. The standard InChI is InChI=1S/C13H22N2O3/c1-4-15-12(10(17-2)9-14-15)13(16)8-6-5-7-11(13)18-3/h9,11,16H,4-8H2,1-3H3. The summed E-state index contributed by atoms with van der Waals surface area (Å²) < 4.78 is 12.6. The highest BCUT2D eigenvalue weighted by molar-refractivity contribution is 5.32. The number of rotatable bonds is 4. The molecule has 0 bridgehead atoms. The van der Waals surface area contributed by atoms with Crippen molar-refractivity contribution in [3.05, 3.63) is 11.9 Å². The van der Waals surface area contributed by atoms with Crippen LogP contribution in [0.25, 0.3) is 0 Å². The van der Waals surface area contributed by atoms with Gasteiger partial charge >= 0.3 is 0 Å². The van der Waals surface area contributed by atoms with Gasteiger partial charge < -0.3 is 14.6 Å². The van der Waals surface area contributed by atoms with E-state index in [1.54, 1.807) is 25.1 Å². The van der Waals surface area contributed by atoms with E-state index in [1.807, 2.05) is 6.92 Å². The van der Waals surface area contributed by atoms with Gasteiger partial charge in [-0.25, -0.2) is 0 Å². The summed E-state index contributed by atoms with van der Waals surface area (Å²) in [6.07, 6.45) is 5.11. The van der Waals surface area contributed by atoms with Crippen LogP contribution < -0.4 is 4.74 Å². The molecular weight excluding hydrogens is 232 g/mol. The van der Waals surface area contributed by atoms with E-state index in [4.69, 9.17) is 9.47 Å². The Morgan fingerprint density at radius 1 is 1.50 bits per heavy atom. The van der Waals surface area contributed by atoms with Crippen LogP contribution in [0.1, 0.15) is 38.3 Å². The van der Waals surface area contributed by atoms with Gasteiger partial charge in [-0.3, -0.25) is 4.68 Å². The molecular formula is C13H22N2O3. The molecule has 1 saturated carbocycles. The maximum absolute atomic E-state index is 11.0. The fourth-order valence-electron chi connectivity index (χ4n) is 2.90. The number of hydrogen-bond acceptors (Lipinski definition) is 4. The molecule has 2 unspecified atom stereocenters. The predicted octanol–water partition coefficient (Wildman–Crippen LogP) is 1.69. The van der Waals surface area contributed by atoms with Crippen molar-refractivity contribution in [2.45, 2.75) is 50.9 Å². The Balaban J connectivity index is 2.46. The zero-order valence-electron chi connectivity index (χ0n) is 11.3. The summed E-state index contributed by atoms with van der Waals surface area (Å²) in [7, 11) is 3.26. The van der Waals surface area contributed by atoms with Gasteiger partial charge in [0.1, 0.15) is 11.3 Å². The van der Waals surface area contributed by atoms with Gasteiger partial charge in [-0.2, -0.15) is 5.10 Å². The van der Waals surface area contributed by atoms with E-state index in [2.05, 4.69) is 5.10 Å². The van der Waals surface area contributed by atoms with Gasteiger partial charge in [-0.1, -0.05) is 6.42 Å². The first-order valence-electron chi connectivity index (χ1n) is 6.52. The number of nitrogens with zero attached hydrogens (tertiary/aromatic N) is 2.